The normalized spacial score (nSPS) is 13.5. The van der Waals surface area contributed by atoms with Crippen molar-refractivity contribution in [3.8, 4) is 0 Å². The third kappa shape index (κ3) is 3.58. The summed E-state index contributed by atoms with van der Waals surface area (Å²) >= 11 is 0. The fraction of sp³-hybridized carbons (Fsp3) is 0.647. The summed E-state index contributed by atoms with van der Waals surface area (Å²) < 4.78 is 5.94. The van der Waals surface area contributed by atoms with E-state index >= 15 is 0 Å². The Morgan fingerprint density at radius 2 is 1.79 bits per heavy atom. The van der Waals surface area contributed by atoms with Crippen LogP contribution in [0.25, 0.3) is 0 Å². The lowest BCUT2D eigenvalue weighted by Gasteiger charge is -2.40. The van der Waals surface area contributed by atoms with Crippen molar-refractivity contribution in [2.45, 2.75) is 58.6 Å². The fourth-order valence-electron chi connectivity index (χ4n) is 2.84. The van der Waals surface area contributed by atoms with Crippen LogP contribution in [0.4, 0.5) is 0 Å². The second kappa shape index (κ2) is 7.66. The number of rotatable bonds is 8. The molecule has 19 heavy (non-hydrogen) atoms. The second-order valence-corrected chi connectivity index (χ2v) is 5.22. The van der Waals surface area contributed by atoms with Gasteiger partial charge in [0.1, 0.15) is 0 Å². The van der Waals surface area contributed by atoms with Crippen molar-refractivity contribution in [3.63, 3.8) is 0 Å². The minimum atomic E-state index is -0.124. The van der Waals surface area contributed by atoms with Crippen LogP contribution in [0.2, 0.25) is 0 Å². The van der Waals surface area contributed by atoms with E-state index in [1.54, 1.807) is 0 Å². The van der Waals surface area contributed by atoms with E-state index < -0.39 is 0 Å². The summed E-state index contributed by atoms with van der Waals surface area (Å²) in [6, 6.07) is 8.88. The van der Waals surface area contributed by atoms with Gasteiger partial charge < -0.3 is 10.1 Å². The molecule has 0 spiro atoms. The minimum absolute atomic E-state index is 0.124. The van der Waals surface area contributed by atoms with Crippen molar-refractivity contribution in [1.29, 1.82) is 0 Å². The molecule has 0 aliphatic heterocycles. The molecule has 1 rings (SSSR count). The van der Waals surface area contributed by atoms with Gasteiger partial charge in [-0.3, -0.25) is 0 Å². The quantitative estimate of drug-likeness (QED) is 0.757. The van der Waals surface area contributed by atoms with Crippen LogP contribution in [-0.2, 0) is 4.74 Å². The Balaban J connectivity index is 3.17. The summed E-state index contributed by atoms with van der Waals surface area (Å²) in [4.78, 5) is 0. The lowest BCUT2D eigenvalue weighted by Crippen LogP contribution is -2.45. The maximum absolute atomic E-state index is 5.94. The molecular weight excluding hydrogens is 234 g/mol. The molecule has 108 valence electrons. The topological polar surface area (TPSA) is 21.3 Å². The molecule has 2 heteroatoms. The molecular formula is C17H29NO. The van der Waals surface area contributed by atoms with Crippen LogP contribution < -0.4 is 5.32 Å². The first kappa shape index (κ1) is 16.2. The smallest absolute Gasteiger partial charge is 0.0867 e. The Kier molecular flexibility index (Phi) is 6.53. The molecule has 0 radical (unpaired) electrons. The van der Waals surface area contributed by atoms with E-state index in [1.807, 2.05) is 7.11 Å². The van der Waals surface area contributed by atoms with Gasteiger partial charge in [0.2, 0.25) is 0 Å². The van der Waals surface area contributed by atoms with Gasteiger partial charge in [0.25, 0.3) is 0 Å². The number of aryl methyl sites for hydroxylation is 1. The van der Waals surface area contributed by atoms with Crippen molar-refractivity contribution in [3.05, 3.63) is 35.4 Å². The van der Waals surface area contributed by atoms with E-state index in [2.05, 4.69) is 57.3 Å². The highest BCUT2D eigenvalue weighted by atomic mass is 16.5. The molecule has 0 fully saturated rings. The van der Waals surface area contributed by atoms with Gasteiger partial charge in [-0.05, 0) is 43.9 Å². The first-order valence-electron chi connectivity index (χ1n) is 7.49. The molecule has 0 bridgehead atoms. The van der Waals surface area contributed by atoms with Gasteiger partial charge in [-0.2, -0.15) is 0 Å². The third-order valence-corrected chi connectivity index (χ3v) is 4.23. The molecule has 0 amide bonds. The second-order valence-electron chi connectivity index (χ2n) is 5.22. The Bertz CT molecular complexity index is 363. The summed E-state index contributed by atoms with van der Waals surface area (Å²) in [5.74, 6) is 0. The number of hydrogen-bond acceptors (Lipinski definition) is 2. The van der Waals surface area contributed by atoms with E-state index in [9.17, 15) is 0 Å². The van der Waals surface area contributed by atoms with Crippen molar-refractivity contribution < 1.29 is 4.74 Å². The average molecular weight is 263 g/mol. The average Bonchev–Trinajstić information content (AvgIpc) is 2.45. The van der Waals surface area contributed by atoms with Gasteiger partial charge in [-0.25, -0.2) is 0 Å². The summed E-state index contributed by atoms with van der Waals surface area (Å²) in [5.41, 5.74) is 2.57. The van der Waals surface area contributed by atoms with Gasteiger partial charge in [-0.1, -0.05) is 45.0 Å². The van der Waals surface area contributed by atoms with Gasteiger partial charge >= 0.3 is 0 Å². The number of nitrogens with one attached hydrogen (secondary N) is 1. The molecule has 0 saturated carbocycles. The van der Waals surface area contributed by atoms with Crippen LogP contribution in [0.5, 0.6) is 0 Å². The van der Waals surface area contributed by atoms with Crippen LogP contribution >= 0.6 is 0 Å². The third-order valence-electron chi connectivity index (χ3n) is 4.23. The van der Waals surface area contributed by atoms with Crippen LogP contribution in [0.1, 0.15) is 57.2 Å². The van der Waals surface area contributed by atoms with E-state index in [0.717, 1.165) is 25.8 Å². The minimum Gasteiger partial charge on any atom is -0.376 e. The highest BCUT2D eigenvalue weighted by molar-refractivity contribution is 5.31. The maximum Gasteiger partial charge on any atom is 0.0867 e. The van der Waals surface area contributed by atoms with Crippen molar-refractivity contribution in [1.82, 2.24) is 5.32 Å². The molecule has 0 aromatic heterocycles. The van der Waals surface area contributed by atoms with Gasteiger partial charge in [0.05, 0.1) is 11.6 Å². The summed E-state index contributed by atoms with van der Waals surface area (Å²) in [6.07, 6.45) is 3.15. The van der Waals surface area contributed by atoms with Gasteiger partial charge in [-0.15, -0.1) is 0 Å². The highest BCUT2D eigenvalue weighted by Crippen LogP contribution is 2.36. The predicted octanol–water partition coefficient (Wildman–Crippen LogP) is 4.24. The molecule has 1 N–H and O–H groups in total. The number of ether oxygens (including phenoxy) is 1. The Labute approximate surface area is 118 Å². The lowest BCUT2D eigenvalue weighted by atomic mass is 9.82. The number of hydrogen-bond donors (Lipinski definition) is 1. The van der Waals surface area contributed by atoms with E-state index in [-0.39, 0.29) is 11.6 Å². The monoisotopic (exact) mass is 263 g/mol. The SMILES string of the molecule is CCCNC(c1ccccc1C)C(CC)(CC)OC. The maximum atomic E-state index is 5.94. The molecule has 1 aromatic carbocycles. The molecule has 0 aliphatic rings. The predicted molar refractivity (Wildman–Crippen MR) is 82.5 cm³/mol. The van der Waals surface area contributed by atoms with Crippen molar-refractivity contribution in [2.75, 3.05) is 13.7 Å². The Hall–Kier alpha value is -0.860. The van der Waals surface area contributed by atoms with Crippen LogP contribution in [0, 0.1) is 6.92 Å². The molecule has 1 aromatic rings. The van der Waals surface area contributed by atoms with Crippen LogP contribution in [0.15, 0.2) is 24.3 Å². The van der Waals surface area contributed by atoms with Crippen molar-refractivity contribution in [2.24, 2.45) is 0 Å². The summed E-state index contributed by atoms with van der Waals surface area (Å²) in [6.45, 7) is 9.83. The first-order valence-corrected chi connectivity index (χ1v) is 7.49. The first-order chi connectivity index (χ1) is 9.15. The highest BCUT2D eigenvalue weighted by Gasteiger charge is 2.37. The van der Waals surface area contributed by atoms with E-state index in [1.165, 1.54) is 11.1 Å². The number of methoxy groups -OCH3 is 1. The molecule has 2 nitrogen and oxygen atoms in total. The van der Waals surface area contributed by atoms with E-state index in [0.29, 0.717) is 0 Å². The standard InChI is InChI=1S/C17H29NO/c1-6-13-18-16(17(7-2,8-3)19-5)15-12-10-9-11-14(15)4/h9-12,16,18H,6-8,13H2,1-5H3. The van der Waals surface area contributed by atoms with Crippen molar-refractivity contribution >= 4 is 0 Å². The zero-order chi connectivity index (χ0) is 14.3. The Morgan fingerprint density at radius 3 is 2.26 bits per heavy atom. The van der Waals surface area contributed by atoms with Crippen LogP contribution in [0.3, 0.4) is 0 Å². The lowest BCUT2D eigenvalue weighted by molar-refractivity contribution is -0.0487. The molecule has 1 atom stereocenters. The summed E-state index contributed by atoms with van der Waals surface area (Å²) in [5, 5.41) is 3.70. The van der Waals surface area contributed by atoms with Crippen LogP contribution in [-0.4, -0.2) is 19.3 Å². The van der Waals surface area contributed by atoms with Gasteiger partial charge in [0.15, 0.2) is 0 Å². The number of benzene rings is 1. The van der Waals surface area contributed by atoms with Gasteiger partial charge in [0, 0.05) is 7.11 Å². The molecule has 0 heterocycles. The van der Waals surface area contributed by atoms with E-state index in [4.69, 9.17) is 4.74 Å². The summed E-state index contributed by atoms with van der Waals surface area (Å²) in [7, 11) is 1.84. The molecule has 1 unspecified atom stereocenters. The Morgan fingerprint density at radius 1 is 1.16 bits per heavy atom. The largest absolute Gasteiger partial charge is 0.376 e. The fourth-order valence-corrected chi connectivity index (χ4v) is 2.84. The zero-order valence-electron chi connectivity index (χ0n) is 13.1. The molecule has 0 aliphatic carbocycles. The molecule has 0 saturated heterocycles. The zero-order valence-corrected chi connectivity index (χ0v) is 13.1.